The molecule has 2 heterocycles. The van der Waals surface area contributed by atoms with Gasteiger partial charge in [0.05, 0.1) is 19.8 Å². The van der Waals surface area contributed by atoms with Gasteiger partial charge >= 0.3 is 0 Å². The maximum atomic E-state index is 12.4. The minimum atomic E-state index is -0.403. The Labute approximate surface area is 122 Å². The highest BCUT2D eigenvalue weighted by Crippen LogP contribution is 2.37. The lowest BCUT2D eigenvalue weighted by Gasteiger charge is -2.21. The summed E-state index contributed by atoms with van der Waals surface area (Å²) >= 11 is 0. The number of aromatic nitrogens is 1. The van der Waals surface area contributed by atoms with Gasteiger partial charge in [-0.3, -0.25) is 9.59 Å². The zero-order chi connectivity index (χ0) is 15.7. The predicted molar refractivity (Wildman–Crippen MR) is 77.7 cm³/mol. The quantitative estimate of drug-likeness (QED) is 0.716. The van der Waals surface area contributed by atoms with Gasteiger partial charge in [-0.2, -0.15) is 0 Å². The molecule has 1 aliphatic heterocycles. The summed E-state index contributed by atoms with van der Waals surface area (Å²) in [6.45, 7) is 3.72. The van der Waals surface area contributed by atoms with E-state index in [4.69, 9.17) is 10.5 Å². The van der Waals surface area contributed by atoms with Crippen molar-refractivity contribution in [3.8, 4) is 5.75 Å². The SMILES string of the molecule is CCNC(=O)c1c(OC)c(=O)c(C)c2n1C(CO)CC2N. The van der Waals surface area contributed by atoms with E-state index in [1.165, 1.54) is 7.11 Å². The van der Waals surface area contributed by atoms with Crippen LogP contribution in [0.25, 0.3) is 0 Å². The second-order valence-electron chi connectivity index (χ2n) is 5.13. The smallest absolute Gasteiger partial charge is 0.271 e. The van der Waals surface area contributed by atoms with Crippen molar-refractivity contribution in [2.45, 2.75) is 32.4 Å². The molecule has 0 saturated heterocycles. The normalized spacial score (nSPS) is 20.2. The lowest BCUT2D eigenvalue weighted by atomic mass is 10.1. The van der Waals surface area contributed by atoms with Crippen LogP contribution in [0.2, 0.25) is 0 Å². The van der Waals surface area contributed by atoms with Crippen molar-refractivity contribution in [1.82, 2.24) is 9.88 Å². The number of nitrogens with one attached hydrogen (secondary N) is 1. The summed E-state index contributed by atoms with van der Waals surface area (Å²) in [6, 6.07) is -0.713. The van der Waals surface area contributed by atoms with Gasteiger partial charge in [-0.05, 0) is 20.3 Å². The molecule has 4 N–H and O–H groups in total. The van der Waals surface area contributed by atoms with Crippen LogP contribution in [0.3, 0.4) is 0 Å². The topological polar surface area (TPSA) is 107 Å². The van der Waals surface area contributed by atoms with Crippen LogP contribution in [-0.4, -0.2) is 35.8 Å². The van der Waals surface area contributed by atoms with Crippen LogP contribution in [-0.2, 0) is 0 Å². The highest BCUT2D eigenvalue weighted by atomic mass is 16.5. The van der Waals surface area contributed by atoms with E-state index < -0.39 is 5.91 Å². The average molecular weight is 295 g/mol. The third-order valence-electron chi connectivity index (χ3n) is 3.86. The second-order valence-corrected chi connectivity index (χ2v) is 5.13. The van der Waals surface area contributed by atoms with E-state index in [-0.39, 0.29) is 35.6 Å². The van der Waals surface area contributed by atoms with E-state index in [0.717, 1.165) is 0 Å². The van der Waals surface area contributed by atoms with Crippen molar-refractivity contribution in [3.05, 3.63) is 27.2 Å². The van der Waals surface area contributed by atoms with E-state index in [2.05, 4.69) is 5.32 Å². The van der Waals surface area contributed by atoms with Crippen LogP contribution >= 0.6 is 0 Å². The van der Waals surface area contributed by atoms with Crippen molar-refractivity contribution >= 4 is 5.91 Å². The number of nitrogens with two attached hydrogens (primary N) is 1. The first-order valence-electron chi connectivity index (χ1n) is 6.95. The van der Waals surface area contributed by atoms with Gasteiger partial charge < -0.3 is 25.5 Å². The lowest BCUT2D eigenvalue weighted by molar-refractivity contribution is 0.0937. The first-order chi connectivity index (χ1) is 9.97. The van der Waals surface area contributed by atoms with Gasteiger partial charge in [0.1, 0.15) is 0 Å². The molecule has 2 rings (SSSR count). The summed E-state index contributed by atoms with van der Waals surface area (Å²) in [5.74, 6) is -0.407. The molecule has 0 saturated carbocycles. The first kappa shape index (κ1) is 15.5. The van der Waals surface area contributed by atoms with Crippen LogP contribution in [0.15, 0.2) is 4.79 Å². The Balaban J connectivity index is 2.81. The number of methoxy groups -OCH3 is 1. The summed E-state index contributed by atoms with van der Waals surface area (Å²) in [7, 11) is 1.36. The summed E-state index contributed by atoms with van der Waals surface area (Å²) < 4.78 is 6.82. The maximum absolute atomic E-state index is 12.4. The molecular formula is C14H21N3O4. The molecule has 21 heavy (non-hydrogen) atoms. The maximum Gasteiger partial charge on any atom is 0.271 e. The molecule has 116 valence electrons. The number of fused-ring (bicyclic) bond motifs is 1. The molecular weight excluding hydrogens is 274 g/mol. The van der Waals surface area contributed by atoms with Crippen molar-refractivity contribution in [3.63, 3.8) is 0 Å². The van der Waals surface area contributed by atoms with Crippen molar-refractivity contribution < 1.29 is 14.6 Å². The molecule has 2 atom stereocenters. The van der Waals surface area contributed by atoms with Crippen LogP contribution in [0.1, 0.15) is 47.2 Å². The highest BCUT2D eigenvalue weighted by Gasteiger charge is 2.36. The van der Waals surface area contributed by atoms with Gasteiger partial charge in [0.25, 0.3) is 5.91 Å². The van der Waals surface area contributed by atoms with Gasteiger partial charge in [-0.15, -0.1) is 0 Å². The zero-order valence-electron chi connectivity index (χ0n) is 12.5. The molecule has 0 fully saturated rings. The zero-order valence-corrected chi connectivity index (χ0v) is 12.5. The molecule has 0 spiro atoms. The van der Waals surface area contributed by atoms with Gasteiger partial charge in [0.15, 0.2) is 11.4 Å². The number of pyridine rings is 1. The van der Waals surface area contributed by atoms with Gasteiger partial charge in [0, 0.05) is 23.8 Å². The molecule has 1 amide bonds. The van der Waals surface area contributed by atoms with Crippen molar-refractivity contribution in [1.29, 1.82) is 0 Å². The highest BCUT2D eigenvalue weighted by molar-refractivity contribution is 5.95. The largest absolute Gasteiger partial charge is 0.491 e. The summed E-state index contributed by atoms with van der Waals surface area (Å²) in [5, 5.41) is 12.2. The monoisotopic (exact) mass is 295 g/mol. The molecule has 1 aromatic heterocycles. The second kappa shape index (κ2) is 5.87. The third-order valence-corrected chi connectivity index (χ3v) is 3.86. The van der Waals surface area contributed by atoms with Crippen LogP contribution < -0.4 is 21.2 Å². The van der Waals surface area contributed by atoms with Crippen LogP contribution in [0.4, 0.5) is 0 Å². The molecule has 7 nitrogen and oxygen atoms in total. The minimum Gasteiger partial charge on any atom is -0.491 e. The molecule has 7 heteroatoms. The number of nitrogens with zero attached hydrogens (tertiary/aromatic N) is 1. The summed E-state index contributed by atoms with van der Waals surface area (Å²) in [6.07, 6.45) is 0.482. The number of amides is 1. The Morgan fingerprint density at radius 3 is 2.76 bits per heavy atom. The first-order valence-corrected chi connectivity index (χ1v) is 6.95. The van der Waals surface area contributed by atoms with E-state index in [1.807, 2.05) is 0 Å². The number of rotatable bonds is 4. The van der Waals surface area contributed by atoms with Crippen molar-refractivity contribution in [2.75, 3.05) is 20.3 Å². The Morgan fingerprint density at radius 1 is 1.57 bits per heavy atom. The number of aliphatic hydroxyl groups excluding tert-OH is 1. The third kappa shape index (κ3) is 2.32. The number of hydrogen-bond acceptors (Lipinski definition) is 5. The number of aliphatic hydroxyl groups is 1. The molecule has 1 aliphatic rings. The predicted octanol–water partition coefficient (Wildman–Crippen LogP) is -0.148. The Morgan fingerprint density at radius 2 is 2.24 bits per heavy atom. The standard InChI is InChI=1S/C14H21N3O4/c1-4-16-14(20)11-13(21-3)12(19)7(2)10-9(15)5-8(6-18)17(10)11/h8-9,18H,4-6,15H2,1-3H3,(H,16,20). The van der Waals surface area contributed by atoms with Crippen LogP contribution in [0, 0.1) is 6.92 Å². The molecule has 0 aromatic carbocycles. The Hall–Kier alpha value is -1.86. The number of carbonyl (C=O) groups excluding carboxylic acids is 1. The van der Waals surface area contributed by atoms with E-state index in [9.17, 15) is 14.7 Å². The molecule has 2 unspecified atom stereocenters. The van der Waals surface area contributed by atoms with Gasteiger partial charge in [-0.1, -0.05) is 0 Å². The van der Waals surface area contributed by atoms with E-state index in [0.29, 0.717) is 24.2 Å². The fraction of sp³-hybridized carbons (Fsp3) is 0.571. The molecule has 0 radical (unpaired) electrons. The van der Waals surface area contributed by atoms with Gasteiger partial charge in [-0.25, -0.2) is 0 Å². The average Bonchev–Trinajstić information content (AvgIpc) is 2.79. The van der Waals surface area contributed by atoms with Crippen molar-refractivity contribution in [2.24, 2.45) is 5.73 Å². The summed E-state index contributed by atoms with van der Waals surface area (Å²) in [4.78, 5) is 24.7. The Kier molecular flexibility index (Phi) is 4.34. The fourth-order valence-corrected chi connectivity index (χ4v) is 2.95. The molecule has 0 bridgehead atoms. The molecule has 1 aromatic rings. The minimum absolute atomic E-state index is 0.00486. The van der Waals surface area contributed by atoms with E-state index in [1.54, 1.807) is 18.4 Å². The number of carbonyl (C=O) groups is 1. The summed E-state index contributed by atoms with van der Waals surface area (Å²) in [5.41, 5.74) is 6.93. The van der Waals surface area contributed by atoms with Gasteiger partial charge in [0.2, 0.25) is 5.43 Å². The lowest BCUT2D eigenvalue weighted by Crippen LogP contribution is -2.32. The number of hydrogen-bond donors (Lipinski definition) is 3. The molecule has 0 aliphatic carbocycles. The number of ether oxygens (including phenoxy) is 1. The van der Waals surface area contributed by atoms with Crippen LogP contribution in [0.5, 0.6) is 5.75 Å². The Bertz CT molecular complexity index is 624. The van der Waals surface area contributed by atoms with E-state index >= 15 is 0 Å². The fourth-order valence-electron chi connectivity index (χ4n) is 2.95.